The van der Waals surface area contributed by atoms with Crippen molar-refractivity contribution in [1.82, 2.24) is 25.4 Å². The molecule has 3 N–H and O–H groups in total. The van der Waals surface area contributed by atoms with Crippen LogP contribution in [0.2, 0.25) is 0 Å². The highest BCUT2D eigenvalue weighted by molar-refractivity contribution is 5.74. The minimum Gasteiger partial charge on any atom is -0.340 e. The Morgan fingerprint density at radius 3 is 2.44 bits per heavy atom. The number of carbonyl (C=O) groups is 2. The zero-order chi connectivity index (χ0) is 18.4. The standard InChI is InChI=1S/C17H27N5O3/c1-12-10-13(2)20-16(24)15(12)11-19-17(25)18-4-5-21-6-8-22(9-7-21)14(3)23/h10H,4-9,11H2,1-3H3,(H,20,24)(H2,18,19,25). The van der Waals surface area contributed by atoms with Gasteiger partial charge in [-0.15, -0.1) is 0 Å². The second kappa shape index (κ2) is 8.66. The Morgan fingerprint density at radius 2 is 1.84 bits per heavy atom. The molecular formula is C17H27N5O3. The number of hydrogen-bond donors (Lipinski definition) is 3. The van der Waals surface area contributed by atoms with Crippen molar-refractivity contribution in [1.29, 1.82) is 0 Å². The van der Waals surface area contributed by atoms with Crippen LogP contribution in [-0.2, 0) is 11.3 Å². The van der Waals surface area contributed by atoms with Gasteiger partial charge in [0.05, 0.1) is 6.54 Å². The summed E-state index contributed by atoms with van der Waals surface area (Å²) in [5.41, 5.74) is 2.08. The van der Waals surface area contributed by atoms with Crippen molar-refractivity contribution in [2.24, 2.45) is 0 Å². The molecule has 2 heterocycles. The molecule has 0 aromatic carbocycles. The smallest absolute Gasteiger partial charge is 0.315 e. The van der Waals surface area contributed by atoms with Gasteiger partial charge < -0.3 is 20.5 Å². The fourth-order valence-corrected chi connectivity index (χ4v) is 2.95. The maximum absolute atomic E-state index is 11.9. The van der Waals surface area contributed by atoms with E-state index < -0.39 is 0 Å². The Morgan fingerprint density at radius 1 is 1.16 bits per heavy atom. The van der Waals surface area contributed by atoms with Gasteiger partial charge in [-0.25, -0.2) is 4.79 Å². The van der Waals surface area contributed by atoms with Crippen molar-refractivity contribution in [3.63, 3.8) is 0 Å². The first-order valence-corrected chi connectivity index (χ1v) is 8.56. The number of pyridine rings is 1. The van der Waals surface area contributed by atoms with Gasteiger partial charge in [-0.1, -0.05) is 0 Å². The highest BCUT2D eigenvalue weighted by Gasteiger charge is 2.18. The molecule has 0 bridgehead atoms. The summed E-state index contributed by atoms with van der Waals surface area (Å²) in [7, 11) is 0. The van der Waals surface area contributed by atoms with Crippen LogP contribution in [0.15, 0.2) is 10.9 Å². The quantitative estimate of drug-likeness (QED) is 0.694. The summed E-state index contributed by atoms with van der Waals surface area (Å²) in [5.74, 6) is 0.110. The molecule has 0 spiro atoms. The van der Waals surface area contributed by atoms with Gasteiger partial charge in [-0.2, -0.15) is 0 Å². The lowest BCUT2D eigenvalue weighted by Gasteiger charge is -2.34. The number of urea groups is 1. The summed E-state index contributed by atoms with van der Waals surface area (Å²) >= 11 is 0. The fraction of sp³-hybridized carbons (Fsp3) is 0.588. The molecule has 1 aliphatic rings. The molecule has 1 aromatic rings. The topological polar surface area (TPSA) is 97.5 Å². The Kier molecular flexibility index (Phi) is 6.58. The van der Waals surface area contributed by atoms with Gasteiger partial charge in [-0.05, 0) is 25.5 Å². The summed E-state index contributed by atoms with van der Waals surface area (Å²) in [6, 6.07) is 1.60. The van der Waals surface area contributed by atoms with Crippen LogP contribution >= 0.6 is 0 Å². The first kappa shape index (κ1) is 19.0. The molecule has 8 nitrogen and oxygen atoms in total. The van der Waals surface area contributed by atoms with E-state index in [-0.39, 0.29) is 24.0 Å². The van der Waals surface area contributed by atoms with Crippen LogP contribution in [0.25, 0.3) is 0 Å². The zero-order valence-corrected chi connectivity index (χ0v) is 15.1. The normalized spacial score (nSPS) is 15.1. The van der Waals surface area contributed by atoms with E-state index in [1.807, 2.05) is 24.8 Å². The average Bonchev–Trinajstić information content (AvgIpc) is 2.54. The number of carbonyl (C=O) groups excluding carboxylic acids is 2. The predicted octanol–water partition coefficient (Wildman–Crippen LogP) is -0.0450. The van der Waals surface area contributed by atoms with Crippen LogP contribution in [0.1, 0.15) is 23.7 Å². The average molecular weight is 349 g/mol. The molecule has 25 heavy (non-hydrogen) atoms. The van der Waals surface area contributed by atoms with E-state index in [9.17, 15) is 14.4 Å². The second-order valence-corrected chi connectivity index (χ2v) is 6.40. The number of amides is 3. The second-order valence-electron chi connectivity index (χ2n) is 6.40. The van der Waals surface area contributed by atoms with Crippen LogP contribution in [0.3, 0.4) is 0 Å². The number of H-pyrrole nitrogens is 1. The molecule has 0 unspecified atom stereocenters. The van der Waals surface area contributed by atoms with Crippen molar-refractivity contribution in [2.75, 3.05) is 39.3 Å². The molecule has 0 atom stereocenters. The molecule has 1 saturated heterocycles. The molecule has 0 aliphatic carbocycles. The lowest BCUT2D eigenvalue weighted by Crippen LogP contribution is -2.50. The van der Waals surface area contributed by atoms with Crippen LogP contribution in [-0.4, -0.2) is 66.0 Å². The first-order chi connectivity index (χ1) is 11.9. The molecule has 1 aromatic heterocycles. The minimum absolute atomic E-state index is 0.110. The summed E-state index contributed by atoms with van der Waals surface area (Å²) in [4.78, 5) is 41.9. The molecule has 0 radical (unpaired) electrons. The van der Waals surface area contributed by atoms with Crippen molar-refractivity contribution in [2.45, 2.75) is 27.3 Å². The van der Waals surface area contributed by atoms with Crippen LogP contribution in [0, 0.1) is 13.8 Å². The Balaban J connectivity index is 1.68. The van der Waals surface area contributed by atoms with Crippen LogP contribution < -0.4 is 16.2 Å². The van der Waals surface area contributed by atoms with E-state index in [2.05, 4.69) is 20.5 Å². The van der Waals surface area contributed by atoms with Gasteiger partial charge in [0.1, 0.15) is 0 Å². The Hall–Kier alpha value is -2.35. The van der Waals surface area contributed by atoms with Crippen molar-refractivity contribution < 1.29 is 9.59 Å². The van der Waals surface area contributed by atoms with Crippen molar-refractivity contribution >= 4 is 11.9 Å². The van der Waals surface area contributed by atoms with Gasteiger partial charge in [-0.3, -0.25) is 14.5 Å². The third-order valence-corrected chi connectivity index (χ3v) is 4.45. The SMILES string of the molecule is CC(=O)N1CCN(CCNC(=O)NCc2c(C)cc(C)[nH]c2=O)CC1. The number of piperazine rings is 1. The molecule has 2 rings (SSSR count). The van der Waals surface area contributed by atoms with Crippen molar-refractivity contribution in [3.8, 4) is 0 Å². The van der Waals surface area contributed by atoms with Gasteiger partial charge in [0.2, 0.25) is 5.91 Å². The zero-order valence-electron chi connectivity index (χ0n) is 15.1. The summed E-state index contributed by atoms with van der Waals surface area (Å²) in [6.07, 6.45) is 0. The van der Waals surface area contributed by atoms with E-state index in [0.717, 1.165) is 44.0 Å². The predicted molar refractivity (Wildman–Crippen MR) is 95.5 cm³/mol. The number of aromatic nitrogens is 1. The number of rotatable bonds is 5. The number of nitrogens with zero attached hydrogens (tertiary/aromatic N) is 2. The van der Waals surface area contributed by atoms with Gasteiger partial charge in [0, 0.05) is 57.4 Å². The summed E-state index contributed by atoms with van der Waals surface area (Å²) in [6.45, 7) is 9.84. The van der Waals surface area contributed by atoms with Crippen molar-refractivity contribution in [3.05, 3.63) is 33.2 Å². The van der Waals surface area contributed by atoms with Gasteiger partial charge in [0.15, 0.2) is 0 Å². The van der Waals surface area contributed by atoms with Crippen LogP contribution in [0.5, 0.6) is 0 Å². The largest absolute Gasteiger partial charge is 0.340 e. The van der Waals surface area contributed by atoms with E-state index in [1.165, 1.54) is 0 Å². The minimum atomic E-state index is -0.290. The molecule has 1 aliphatic heterocycles. The van der Waals surface area contributed by atoms with Crippen LogP contribution in [0.4, 0.5) is 4.79 Å². The lowest BCUT2D eigenvalue weighted by molar-refractivity contribution is -0.130. The first-order valence-electron chi connectivity index (χ1n) is 8.56. The van der Waals surface area contributed by atoms with E-state index >= 15 is 0 Å². The number of aryl methyl sites for hydroxylation is 2. The molecule has 138 valence electrons. The summed E-state index contributed by atoms with van der Waals surface area (Å²) < 4.78 is 0. The molecule has 8 heteroatoms. The molecular weight excluding hydrogens is 322 g/mol. The van der Waals surface area contributed by atoms with E-state index in [1.54, 1.807) is 6.92 Å². The third kappa shape index (κ3) is 5.60. The van der Waals surface area contributed by atoms with Gasteiger partial charge in [0.25, 0.3) is 5.56 Å². The number of aromatic amines is 1. The molecule has 1 fully saturated rings. The lowest BCUT2D eigenvalue weighted by atomic mass is 10.1. The maximum atomic E-state index is 11.9. The van der Waals surface area contributed by atoms with E-state index in [4.69, 9.17) is 0 Å². The molecule has 0 saturated carbocycles. The fourth-order valence-electron chi connectivity index (χ4n) is 2.95. The van der Waals surface area contributed by atoms with E-state index in [0.29, 0.717) is 12.1 Å². The summed E-state index contributed by atoms with van der Waals surface area (Å²) in [5, 5.41) is 5.52. The Labute approximate surface area is 147 Å². The number of hydrogen-bond acceptors (Lipinski definition) is 4. The Bertz CT molecular complexity index is 677. The molecule has 3 amide bonds. The van der Waals surface area contributed by atoms with Gasteiger partial charge >= 0.3 is 6.03 Å². The third-order valence-electron chi connectivity index (χ3n) is 4.45. The highest BCUT2D eigenvalue weighted by atomic mass is 16.2. The maximum Gasteiger partial charge on any atom is 0.315 e. The number of nitrogens with one attached hydrogen (secondary N) is 3. The monoisotopic (exact) mass is 349 g/mol. The highest BCUT2D eigenvalue weighted by Crippen LogP contribution is 2.03.